The summed E-state index contributed by atoms with van der Waals surface area (Å²) in [5.41, 5.74) is 5.82. The fourth-order valence-corrected chi connectivity index (χ4v) is 1.19. The number of nitrogens with two attached hydrogens (primary N) is 1. The summed E-state index contributed by atoms with van der Waals surface area (Å²) in [6, 6.07) is 0. The van der Waals surface area contributed by atoms with E-state index < -0.39 is 0 Å². The van der Waals surface area contributed by atoms with Crippen LogP contribution in [0.3, 0.4) is 0 Å². The van der Waals surface area contributed by atoms with Crippen LogP contribution >= 0.6 is 0 Å². The van der Waals surface area contributed by atoms with Crippen LogP contribution in [-0.2, 0) is 9.59 Å². The fourth-order valence-electron chi connectivity index (χ4n) is 1.19. The van der Waals surface area contributed by atoms with Gasteiger partial charge < -0.3 is 16.4 Å². The van der Waals surface area contributed by atoms with Gasteiger partial charge in [-0.05, 0) is 32.7 Å². The number of carbonyl (C=O) groups excluding carboxylic acids is 2. The molecule has 0 aliphatic heterocycles. The van der Waals surface area contributed by atoms with Crippen molar-refractivity contribution in [1.29, 1.82) is 0 Å². The Labute approximate surface area is 103 Å². The Hall–Kier alpha value is -1.36. The minimum atomic E-state index is -0.140. The quantitative estimate of drug-likeness (QED) is 0.401. The van der Waals surface area contributed by atoms with Crippen molar-refractivity contribution >= 4 is 11.8 Å². The van der Waals surface area contributed by atoms with E-state index in [-0.39, 0.29) is 11.8 Å². The predicted molar refractivity (Wildman–Crippen MR) is 68.4 cm³/mol. The van der Waals surface area contributed by atoms with Crippen LogP contribution < -0.4 is 16.4 Å². The molecule has 0 spiro atoms. The monoisotopic (exact) mass is 241 g/mol. The first-order valence-corrected chi connectivity index (χ1v) is 5.98. The number of hydrogen-bond donors (Lipinski definition) is 3. The highest BCUT2D eigenvalue weighted by Crippen LogP contribution is 1.92. The Morgan fingerprint density at radius 3 is 2.35 bits per heavy atom. The molecule has 0 unspecified atom stereocenters. The van der Waals surface area contributed by atoms with E-state index in [1.54, 1.807) is 6.92 Å². The molecule has 0 heterocycles. The molecule has 0 rings (SSSR count). The molecular formula is C12H23N3O2. The van der Waals surface area contributed by atoms with Crippen molar-refractivity contribution in [2.24, 2.45) is 5.73 Å². The van der Waals surface area contributed by atoms with Gasteiger partial charge >= 0.3 is 0 Å². The van der Waals surface area contributed by atoms with E-state index in [0.717, 1.165) is 19.3 Å². The van der Waals surface area contributed by atoms with Crippen LogP contribution in [0.2, 0.25) is 0 Å². The SMILES string of the molecule is C=C(C)C(=O)NCCCNC(=O)CCCCN. The van der Waals surface area contributed by atoms with E-state index in [1.807, 2.05) is 0 Å². The molecule has 17 heavy (non-hydrogen) atoms. The molecule has 4 N–H and O–H groups in total. The molecule has 0 saturated heterocycles. The summed E-state index contributed by atoms with van der Waals surface area (Å²) >= 11 is 0. The predicted octanol–water partition coefficient (Wildman–Crippen LogP) is 0.314. The van der Waals surface area contributed by atoms with Crippen LogP contribution in [0.4, 0.5) is 0 Å². The smallest absolute Gasteiger partial charge is 0.246 e. The number of carbonyl (C=O) groups is 2. The number of nitrogens with one attached hydrogen (secondary N) is 2. The van der Waals surface area contributed by atoms with Crippen molar-refractivity contribution in [1.82, 2.24) is 10.6 Å². The molecule has 0 aliphatic carbocycles. The number of hydrogen-bond acceptors (Lipinski definition) is 3. The second kappa shape index (κ2) is 9.84. The molecule has 5 heteroatoms. The zero-order chi connectivity index (χ0) is 13.1. The second-order valence-electron chi connectivity index (χ2n) is 3.99. The summed E-state index contributed by atoms with van der Waals surface area (Å²) in [5, 5.41) is 5.49. The Bertz CT molecular complexity index is 264. The molecule has 98 valence electrons. The topological polar surface area (TPSA) is 84.2 Å². The third kappa shape index (κ3) is 9.56. The van der Waals surface area contributed by atoms with E-state index in [2.05, 4.69) is 17.2 Å². The number of rotatable bonds is 9. The second-order valence-corrected chi connectivity index (χ2v) is 3.99. The van der Waals surface area contributed by atoms with Crippen LogP contribution in [-0.4, -0.2) is 31.4 Å². The first kappa shape index (κ1) is 15.6. The summed E-state index contributed by atoms with van der Waals surface area (Å²) in [6.45, 7) is 6.95. The summed E-state index contributed by atoms with van der Waals surface area (Å²) in [6.07, 6.45) is 2.95. The standard InChI is InChI=1S/C12H23N3O2/c1-10(2)12(17)15-9-5-8-14-11(16)6-3-4-7-13/h1,3-9,13H2,2H3,(H,14,16)(H,15,17). The van der Waals surface area contributed by atoms with Gasteiger partial charge in [0.05, 0.1) is 0 Å². The number of amides is 2. The lowest BCUT2D eigenvalue weighted by molar-refractivity contribution is -0.121. The summed E-state index contributed by atoms with van der Waals surface area (Å²) in [5.74, 6) is -0.0936. The molecule has 0 atom stereocenters. The van der Waals surface area contributed by atoms with Crippen molar-refractivity contribution in [2.45, 2.75) is 32.6 Å². The largest absolute Gasteiger partial charge is 0.356 e. The van der Waals surface area contributed by atoms with Gasteiger partial charge in [-0.15, -0.1) is 0 Å². The van der Waals surface area contributed by atoms with Gasteiger partial charge in [0.1, 0.15) is 0 Å². The van der Waals surface area contributed by atoms with Crippen LogP contribution in [0.15, 0.2) is 12.2 Å². The van der Waals surface area contributed by atoms with E-state index in [4.69, 9.17) is 5.73 Å². The maximum atomic E-state index is 11.3. The summed E-state index contributed by atoms with van der Waals surface area (Å²) < 4.78 is 0. The molecule has 0 saturated carbocycles. The molecule has 0 bridgehead atoms. The van der Waals surface area contributed by atoms with Gasteiger partial charge in [0.2, 0.25) is 11.8 Å². The van der Waals surface area contributed by atoms with Crippen LogP contribution in [0, 0.1) is 0 Å². The fraction of sp³-hybridized carbons (Fsp3) is 0.667. The minimum absolute atomic E-state index is 0.0460. The van der Waals surface area contributed by atoms with Crippen LogP contribution in [0.5, 0.6) is 0 Å². The zero-order valence-electron chi connectivity index (χ0n) is 10.6. The molecule has 0 radical (unpaired) electrons. The van der Waals surface area contributed by atoms with E-state index in [0.29, 0.717) is 31.6 Å². The summed E-state index contributed by atoms with van der Waals surface area (Å²) in [4.78, 5) is 22.4. The normalized spacial score (nSPS) is 9.76. The maximum absolute atomic E-state index is 11.3. The van der Waals surface area contributed by atoms with Gasteiger partial charge in [0, 0.05) is 25.1 Å². The van der Waals surface area contributed by atoms with E-state index in [9.17, 15) is 9.59 Å². The molecule has 0 aromatic rings. The number of unbranched alkanes of at least 4 members (excludes halogenated alkanes) is 1. The van der Waals surface area contributed by atoms with Crippen molar-refractivity contribution in [3.05, 3.63) is 12.2 Å². The highest BCUT2D eigenvalue weighted by molar-refractivity contribution is 5.92. The van der Waals surface area contributed by atoms with E-state index >= 15 is 0 Å². The first-order valence-electron chi connectivity index (χ1n) is 5.98. The van der Waals surface area contributed by atoms with Crippen LogP contribution in [0.25, 0.3) is 0 Å². The molecule has 0 fully saturated rings. The van der Waals surface area contributed by atoms with Gasteiger partial charge in [0.15, 0.2) is 0 Å². The Balaban J connectivity index is 3.36. The third-order valence-corrected chi connectivity index (χ3v) is 2.21. The molecule has 0 aliphatic rings. The Morgan fingerprint density at radius 1 is 1.12 bits per heavy atom. The zero-order valence-corrected chi connectivity index (χ0v) is 10.6. The molecule has 5 nitrogen and oxygen atoms in total. The van der Waals surface area contributed by atoms with Crippen LogP contribution in [0.1, 0.15) is 32.6 Å². The summed E-state index contributed by atoms with van der Waals surface area (Å²) in [7, 11) is 0. The Morgan fingerprint density at radius 2 is 1.76 bits per heavy atom. The maximum Gasteiger partial charge on any atom is 0.246 e. The lowest BCUT2D eigenvalue weighted by Gasteiger charge is -2.06. The Kier molecular flexibility index (Phi) is 9.05. The highest BCUT2D eigenvalue weighted by atomic mass is 16.2. The molecule has 2 amide bonds. The van der Waals surface area contributed by atoms with Gasteiger partial charge in [-0.3, -0.25) is 9.59 Å². The average molecular weight is 241 g/mol. The lowest BCUT2D eigenvalue weighted by atomic mass is 10.2. The lowest BCUT2D eigenvalue weighted by Crippen LogP contribution is -2.30. The first-order chi connectivity index (χ1) is 8.07. The highest BCUT2D eigenvalue weighted by Gasteiger charge is 2.01. The van der Waals surface area contributed by atoms with Crippen molar-refractivity contribution in [3.63, 3.8) is 0 Å². The van der Waals surface area contributed by atoms with Gasteiger partial charge in [-0.25, -0.2) is 0 Å². The van der Waals surface area contributed by atoms with Gasteiger partial charge in [-0.1, -0.05) is 6.58 Å². The molecule has 0 aromatic carbocycles. The van der Waals surface area contributed by atoms with Crippen molar-refractivity contribution in [2.75, 3.05) is 19.6 Å². The van der Waals surface area contributed by atoms with Crippen molar-refractivity contribution in [3.8, 4) is 0 Å². The molecular weight excluding hydrogens is 218 g/mol. The minimum Gasteiger partial charge on any atom is -0.356 e. The third-order valence-electron chi connectivity index (χ3n) is 2.21. The molecule has 0 aromatic heterocycles. The van der Waals surface area contributed by atoms with E-state index in [1.165, 1.54) is 0 Å². The van der Waals surface area contributed by atoms with Crippen molar-refractivity contribution < 1.29 is 9.59 Å². The van der Waals surface area contributed by atoms with Gasteiger partial charge in [-0.2, -0.15) is 0 Å². The van der Waals surface area contributed by atoms with Gasteiger partial charge in [0.25, 0.3) is 0 Å². The average Bonchev–Trinajstić information content (AvgIpc) is 2.28.